The van der Waals surface area contributed by atoms with Gasteiger partial charge in [0.05, 0.1) is 0 Å². The summed E-state index contributed by atoms with van der Waals surface area (Å²) in [4.78, 5) is 18.8. The normalized spacial score (nSPS) is 18.3. The average Bonchev–Trinajstić information content (AvgIpc) is 2.65. The molecule has 16 heavy (non-hydrogen) atoms. The summed E-state index contributed by atoms with van der Waals surface area (Å²) in [5.74, 6) is -0.619. The zero-order chi connectivity index (χ0) is 11.6. The van der Waals surface area contributed by atoms with E-state index in [1.807, 2.05) is 0 Å². The molecule has 2 N–H and O–H groups in total. The van der Waals surface area contributed by atoms with Crippen LogP contribution in [-0.2, 0) is 0 Å². The molecule has 0 spiro atoms. The van der Waals surface area contributed by atoms with Crippen molar-refractivity contribution in [1.29, 1.82) is 0 Å². The Hall–Kier alpha value is -1.65. The second kappa shape index (κ2) is 4.08. The molecule has 1 fully saturated rings. The Kier molecular flexibility index (Phi) is 2.77. The van der Waals surface area contributed by atoms with Gasteiger partial charge in [-0.2, -0.15) is 0 Å². The number of aromatic carboxylic acids is 1. The van der Waals surface area contributed by atoms with E-state index in [0.29, 0.717) is 5.95 Å². The summed E-state index contributed by atoms with van der Waals surface area (Å²) in [5.41, 5.74) is 0.0380. The minimum absolute atomic E-state index is 0.0110. The third kappa shape index (κ3) is 2.29. The van der Waals surface area contributed by atoms with Crippen LogP contribution in [0.1, 0.15) is 43.1 Å². The van der Waals surface area contributed by atoms with E-state index in [0.717, 1.165) is 12.8 Å². The smallest absolute Gasteiger partial charge is 0.354 e. The van der Waals surface area contributed by atoms with E-state index in [1.54, 1.807) is 0 Å². The van der Waals surface area contributed by atoms with Crippen LogP contribution in [0.2, 0.25) is 0 Å². The molecule has 1 aliphatic rings. The maximum Gasteiger partial charge on any atom is 0.354 e. The topological polar surface area (TPSA) is 75.1 Å². The van der Waals surface area contributed by atoms with Crippen molar-refractivity contribution in [2.75, 3.05) is 5.32 Å². The highest BCUT2D eigenvalue weighted by atomic mass is 16.4. The molecule has 0 unspecified atom stereocenters. The Morgan fingerprint density at radius 1 is 1.50 bits per heavy atom. The summed E-state index contributed by atoms with van der Waals surface area (Å²) in [5, 5.41) is 12.0. The van der Waals surface area contributed by atoms with Gasteiger partial charge in [-0.05, 0) is 25.8 Å². The number of nitrogens with zero attached hydrogens (tertiary/aromatic N) is 2. The first kappa shape index (κ1) is 10.9. The lowest BCUT2D eigenvalue weighted by atomic mass is 10.0. The number of rotatable bonds is 3. The van der Waals surface area contributed by atoms with Crippen LogP contribution in [0.4, 0.5) is 5.95 Å². The van der Waals surface area contributed by atoms with Crippen molar-refractivity contribution >= 4 is 11.9 Å². The van der Waals surface area contributed by atoms with Gasteiger partial charge in [0.1, 0.15) is 0 Å². The van der Waals surface area contributed by atoms with Gasteiger partial charge in [0.2, 0.25) is 5.95 Å². The number of carboxylic acids is 1. The minimum Gasteiger partial charge on any atom is -0.477 e. The Morgan fingerprint density at radius 3 is 2.81 bits per heavy atom. The van der Waals surface area contributed by atoms with E-state index in [1.165, 1.54) is 25.1 Å². The highest BCUT2D eigenvalue weighted by Gasteiger charge is 2.29. The fraction of sp³-hybridized carbons (Fsp3) is 0.545. The predicted octanol–water partition coefficient (Wildman–Crippen LogP) is 1.92. The average molecular weight is 221 g/mol. The SMILES string of the molecule is CC1(Nc2nccc(C(=O)O)n2)CCCC1. The summed E-state index contributed by atoms with van der Waals surface area (Å²) in [6.45, 7) is 2.12. The molecular formula is C11H15N3O2. The molecule has 5 heteroatoms. The van der Waals surface area contributed by atoms with Crippen LogP contribution in [0.15, 0.2) is 12.3 Å². The molecule has 1 aromatic rings. The van der Waals surface area contributed by atoms with Crippen molar-refractivity contribution in [3.8, 4) is 0 Å². The number of nitrogens with one attached hydrogen (secondary N) is 1. The number of hydrogen-bond acceptors (Lipinski definition) is 4. The minimum atomic E-state index is -1.03. The lowest BCUT2D eigenvalue weighted by Gasteiger charge is -2.25. The molecule has 0 radical (unpaired) electrons. The zero-order valence-corrected chi connectivity index (χ0v) is 9.23. The molecule has 0 bridgehead atoms. The Balaban J connectivity index is 2.15. The van der Waals surface area contributed by atoms with Crippen LogP contribution in [0.3, 0.4) is 0 Å². The van der Waals surface area contributed by atoms with E-state index in [-0.39, 0.29) is 11.2 Å². The van der Waals surface area contributed by atoms with Gasteiger partial charge in [-0.15, -0.1) is 0 Å². The molecule has 1 heterocycles. The molecule has 2 rings (SSSR count). The number of hydrogen-bond donors (Lipinski definition) is 2. The van der Waals surface area contributed by atoms with E-state index in [2.05, 4.69) is 22.2 Å². The van der Waals surface area contributed by atoms with Crippen molar-refractivity contribution in [3.05, 3.63) is 18.0 Å². The van der Waals surface area contributed by atoms with Crippen LogP contribution in [0, 0.1) is 0 Å². The summed E-state index contributed by atoms with van der Waals surface area (Å²) in [7, 11) is 0. The van der Waals surface area contributed by atoms with Crippen LogP contribution >= 0.6 is 0 Å². The molecule has 1 aromatic heterocycles. The molecule has 5 nitrogen and oxygen atoms in total. The van der Waals surface area contributed by atoms with E-state index < -0.39 is 5.97 Å². The van der Waals surface area contributed by atoms with Gasteiger partial charge in [0.25, 0.3) is 0 Å². The lowest BCUT2D eigenvalue weighted by Crippen LogP contribution is -2.32. The van der Waals surface area contributed by atoms with Gasteiger partial charge in [0, 0.05) is 11.7 Å². The first-order valence-corrected chi connectivity index (χ1v) is 5.44. The third-order valence-corrected chi connectivity index (χ3v) is 3.00. The number of carboxylic acid groups (broad SMARTS) is 1. The summed E-state index contributed by atoms with van der Waals surface area (Å²) < 4.78 is 0. The van der Waals surface area contributed by atoms with Crippen molar-refractivity contribution in [3.63, 3.8) is 0 Å². The van der Waals surface area contributed by atoms with Crippen LogP contribution in [-0.4, -0.2) is 26.6 Å². The Bertz CT molecular complexity index is 400. The van der Waals surface area contributed by atoms with Crippen molar-refractivity contribution in [2.45, 2.75) is 38.1 Å². The fourth-order valence-electron chi connectivity index (χ4n) is 2.09. The number of carbonyl (C=O) groups is 1. The van der Waals surface area contributed by atoms with Gasteiger partial charge >= 0.3 is 5.97 Å². The van der Waals surface area contributed by atoms with E-state index >= 15 is 0 Å². The molecule has 0 atom stereocenters. The third-order valence-electron chi connectivity index (χ3n) is 3.00. The van der Waals surface area contributed by atoms with Gasteiger partial charge < -0.3 is 10.4 Å². The van der Waals surface area contributed by atoms with Crippen molar-refractivity contribution in [1.82, 2.24) is 9.97 Å². The van der Waals surface area contributed by atoms with Crippen molar-refractivity contribution in [2.24, 2.45) is 0 Å². The van der Waals surface area contributed by atoms with Crippen LogP contribution in [0.5, 0.6) is 0 Å². The molecule has 0 saturated heterocycles. The Labute approximate surface area is 93.9 Å². The second-order valence-electron chi connectivity index (χ2n) is 4.46. The maximum atomic E-state index is 10.8. The van der Waals surface area contributed by atoms with Gasteiger partial charge in [-0.1, -0.05) is 12.8 Å². The first-order valence-electron chi connectivity index (χ1n) is 5.44. The first-order chi connectivity index (χ1) is 7.59. The van der Waals surface area contributed by atoms with E-state index in [4.69, 9.17) is 5.11 Å². The van der Waals surface area contributed by atoms with Crippen LogP contribution in [0.25, 0.3) is 0 Å². The Morgan fingerprint density at radius 2 is 2.19 bits per heavy atom. The highest BCUT2D eigenvalue weighted by molar-refractivity contribution is 5.85. The number of anilines is 1. The monoisotopic (exact) mass is 221 g/mol. The summed E-state index contributed by atoms with van der Waals surface area (Å²) in [6.07, 6.45) is 6.02. The number of aromatic nitrogens is 2. The van der Waals surface area contributed by atoms with Gasteiger partial charge in [-0.25, -0.2) is 14.8 Å². The summed E-state index contributed by atoms with van der Waals surface area (Å²) >= 11 is 0. The van der Waals surface area contributed by atoms with Gasteiger partial charge in [-0.3, -0.25) is 0 Å². The molecule has 86 valence electrons. The standard InChI is InChI=1S/C11H15N3O2/c1-11(5-2-3-6-11)14-10-12-7-4-8(13-10)9(15)16/h4,7H,2-3,5-6H2,1H3,(H,15,16)(H,12,13,14). The molecular weight excluding hydrogens is 206 g/mol. The highest BCUT2D eigenvalue weighted by Crippen LogP contribution is 2.31. The second-order valence-corrected chi connectivity index (χ2v) is 4.46. The lowest BCUT2D eigenvalue weighted by molar-refractivity contribution is 0.0690. The maximum absolute atomic E-state index is 10.8. The van der Waals surface area contributed by atoms with Gasteiger partial charge in [0.15, 0.2) is 5.69 Å². The van der Waals surface area contributed by atoms with Crippen molar-refractivity contribution < 1.29 is 9.90 Å². The zero-order valence-electron chi connectivity index (χ0n) is 9.23. The molecule has 1 aliphatic carbocycles. The largest absolute Gasteiger partial charge is 0.477 e. The molecule has 0 amide bonds. The van der Waals surface area contributed by atoms with Crippen LogP contribution < -0.4 is 5.32 Å². The molecule has 1 saturated carbocycles. The van der Waals surface area contributed by atoms with E-state index in [9.17, 15) is 4.79 Å². The quantitative estimate of drug-likeness (QED) is 0.815. The molecule has 0 aromatic carbocycles. The summed E-state index contributed by atoms with van der Waals surface area (Å²) in [6, 6.07) is 1.39. The predicted molar refractivity (Wildman–Crippen MR) is 59.5 cm³/mol. The molecule has 0 aliphatic heterocycles. The fourth-order valence-corrected chi connectivity index (χ4v) is 2.09.